The van der Waals surface area contributed by atoms with Crippen LogP contribution in [0.5, 0.6) is 0 Å². The molecule has 25 heavy (non-hydrogen) atoms. The highest BCUT2D eigenvalue weighted by Gasteiger charge is 2.31. The lowest BCUT2D eigenvalue weighted by Gasteiger charge is -2.05. The molecule has 0 N–H and O–H groups in total. The lowest BCUT2D eigenvalue weighted by atomic mass is 10.0. The van der Waals surface area contributed by atoms with Crippen LogP contribution >= 0.6 is 22.7 Å². The van der Waals surface area contributed by atoms with Crippen molar-refractivity contribution in [3.63, 3.8) is 0 Å². The number of thiophene rings is 2. The summed E-state index contributed by atoms with van der Waals surface area (Å²) in [5.41, 5.74) is 5.56. The number of unbranched alkanes of at least 4 members (excludes halogenated alkanes) is 1. The van der Waals surface area contributed by atoms with Gasteiger partial charge in [0, 0.05) is 37.6 Å². The molecule has 3 aromatic rings. The molecule has 4 heteroatoms. The molecule has 134 valence electrons. The number of aryl methyl sites for hydroxylation is 4. The van der Waals surface area contributed by atoms with Gasteiger partial charge in [-0.3, -0.25) is 0 Å². The van der Waals surface area contributed by atoms with Gasteiger partial charge in [-0.05, 0) is 46.2 Å². The summed E-state index contributed by atoms with van der Waals surface area (Å²) in [6.07, 6.45) is 2.43. The van der Waals surface area contributed by atoms with Gasteiger partial charge in [-0.15, -0.1) is 22.7 Å². The van der Waals surface area contributed by atoms with Crippen molar-refractivity contribution in [3.05, 3.63) is 37.5 Å². The molecule has 0 saturated carbocycles. The van der Waals surface area contributed by atoms with E-state index in [1.54, 1.807) is 0 Å². The highest BCUT2D eigenvalue weighted by atomic mass is 32.1. The summed E-state index contributed by atoms with van der Waals surface area (Å²) >= 11 is 3.80. The second-order valence-electron chi connectivity index (χ2n) is 6.96. The fourth-order valence-corrected chi connectivity index (χ4v) is 5.54. The van der Waals surface area contributed by atoms with Gasteiger partial charge in [-0.1, -0.05) is 13.3 Å². The minimum absolute atomic E-state index is 1.09. The molecule has 0 radical (unpaired) electrons. The van der Waals surface area contributed by atoms with E-state index >= 15 is 0 Å². The van der Waals surface area contributed by atoms with E-state index in [9.17, 15) is 0 Å². The van der Waals surface area contributed by atoms with Crippen LogP contribution in [0.4, 0.5) is 0 Å². The average molecular weight is 374 g/mol. The van der Waals surface area contributed by atoms with Crippen molar-refractivity contribution in [1.82, 2.24) is 4.57 Å². The fourth-order valence-electron chi connectivity index (χ4n) is 3.69. The second kappa shape index (κ2) is 7.08. The molecular weight excluding hydrogens is 344 g/mol. The average Bonchev–Trinajstić information content (AvgIpc) is 3.13. The van der Waals surface area contributed by atoms with Crippen molar-refractivity contribution >= 4 is 22.7 Å². The van der Waals surface area contributed by atoms with E-state index < -0.39 is 0 Å². The third kappa shape index (κ3) is 3.22. The fraction of sp³-hybridized carbons (Fsp3) is 0.476. The summed E-state index contributed by atoms with van der Waals surface area (Å²) in [4.78, 5) is 5.60. The molecule has 0 spiro atoms. The second-order valence-corrected chi connectivity index (χ2v) is 9.88. The predicted molar refractivity (Wildman–Crippen MR) is 111 cm³/mol. The molecule has 3 aromatic heterocycles. The van der Waals surface area contributed by atoms with Crippen LogP contribution in [0.2, 0.25) is 0 Å². The van der Waals surface area contributed by atoms with E-state index in [0.717, 1.165) is 6.54 Å². The zero-order valence-electron chi connectivity index (χ0n) is 16.5. The van der Waals surface area contributed by atoms with Crippen LogP contribution < -0.4 is 4.57 Å². The Labute approximate surface area is 159 Å². The van der Waals surface area contributed by atoms with Gasteiger partial charge in [-0.2, -0.15) is 0 Å². The number of imidazole rings is 1. The quantitative estimate of drug-likeness (QED) is 0.477. The summed E-state index contributed by atoms with van der Waals surface area (Å²) in [5.74, 6) is 1.34. The highest BCUT2D eigenvalue weighted by Crippen LogP contribution is 2.40. The summed E-state index contributed by atoms with van der Waals surface area (Å²) in [6, 6.07) is 4.73. The maximum atomic E-state index is 2.54. The van der Waals surface area contributed by atoms with Gasteiger partial charge in [0.15, 0.2) is 11.4 Å². The van der Waals surface area contributed by atoms with Crippen LogP contribution in [-0.2, 0) is 13.6 Å². The Kier molecular flexibility index (Phi) is 5.21. The smallest absolute Gasteiger partial charge is 0.230 e. The first kappa shape index (κ1) is 18.4. The molecule has 0 unspecified atom stereocenters. The molecule has 2 nitrogen and oxygen atoms in total. The van der Waals surface area contributed by atoms with Crippen LogP contribution in [-0.4, -0.2) is 4.57 Å². The number of hydrogen-bond donors (Lipinski definition) is 0. The van der Waals surface area contributed by atoms with E-state index in [4.69, 9.17) is 0 Å². The molecule has 0 fully saturated rings. The van der Waals surface area contributed by atoms with E-state index in [1.165, 1.54) is 60.7 Å². The minimum atomic E-state index is 1.09. The maximum Gasteiger partial charge on any atom is 0.254 e. The Morgan fingerprint density at radius 2 is 1.48 bits per heavy atom. The summed E-state index contributed by atoms with van der Waals surface area (Å²) in [7, 11) is 2.22. The monoisotopic (exact) mass is 373 g/mol. The van der Waals surface area contributed by atoms with Crippen molar-refractivity contribution in [2.75, 3.05) is 0 Å². The third-order valence-corrected chi connectivity index (χ3v) is 6.96. The van der Waals surface area contributed by atoms with Crippen LogP contribution in [0.3, 0.4) is 0 Å². The highest BCUT2D eigenvalue weighted by molar-refractivity contribution is 7.12. The molecule has 3 heterocycles. The first-order valence-corrected chi connectivity index (χ1v) is 10.7. The lowest BCUT2D eigenvalue weighted by Crippen LogP contribution is -2.32. The molecule has 0 aromatic carbocycles. The van der Waals surface area contributed by atoms with E-state index in [1.807, 2.05) is 22.7 Å². The van der Waals surface area contributed by atoms with Crippen LogP contribution in [0.15, 0.2) is 12.1 Å². The molecule has 0 saturated heterocycles. The van der Waals surface area contributed by atoms with Crippen molar-refractivity contribution in [2.45, 2.75) is 60.9 Å². The zero-order valence-corrected chi connectivity index (χ0v) is 18.1. The number of aromatic nitrogens is 2. The Balaban J connectivity index is 2.34. The number of nitrogens with zero attached hydrogens (tertiary/aromatic N) is 2. The van der Waals surface area contributed by atoms with Gasteiger partial charge in [-0.25, -0.2) is 9.13 Å². The molecule has 0 aliphatic heterocycles. The van der Waals surface area contributed by atoms with Crippen molar-refractivity contribution in [1.29, 1.82) is 0 Å². The van der Waals surface area contributed by atoms with E-state index in [0.29, 0.717) is 0 Å². The van der Waals surface area contributed by atoms with Gasteiger partial charge in [0.2, 0.25) is 0 Å². The Morgan fingerprint density at radius 3 is 1.96 bits per heavy atom. The first-order chi connectivity index (χ1) is 11.8. The predicted octanol–water partition coefficient (Wildman–Crippen LogP) is 6.11. The Morgan fingerprint density at radius 1 is 0.920 bits per heavy atom. The van der Waals surface area contributed by atoms with Gasteiger partial charge < -0.3 is 0 Å². The minimum Gasteiger partial charge on any atom is -0.230 e. The summed E-state index contributed by atoms with van der Waals surface area (Å²) < 4.78 is 4.94. The molecule has 0 bridgehead atoms. The van der Waals surface area contributed by atoms with Crippen LogP contribution in [0.1, 0.15) is 45.1 Å². The van der Waals surface area contributed by atoms with Gasteiger partial charge >= 0.3 is 0 Å². The molecule has 3 rings (SSSR count). The van der Waals surface area contributed by atoms with Crippen LogP contribution in [0, 0.1) is 34.6 Å². The summed E-state index contributed by atoms with van der Waals surface area (Å²) in [6.45, 7) is 14.5. The Bertz CT molecular complexity index is 909. The molecule has 0 amide bonds. The molecular formula is C21H29N2S2+. The largest absolute Gasteiger partial charge is 0.254 e. The van der Waals surface area contributed by atoms with Crippen molar-refractivity contribution in [3.8, 4) is 22.5 Å². The number of rotatable bonds is 5. The SMILES string of the molecule is CCCCn1c(-c2cc(C)sc2C)c(-c2cc(C)sc2C)[n+](C)c1C. The standard InChI is InChI=1S/C21H29N2S2/c1-8-9-10-23-17(6)22(7)20(18-11-13(2)24-15(18)4)21(23)19-12-14(3)25-16(19)5/h11-12H,8-10H2,1-7H3/q+1. The maximum absolute atomic E-state index is 2.54. The normalized spacial score (nSPS) is 11.5. The number of hydrogen-bond acceptors (Lipinski definition) is 2. The van der Waals surface area contributed by atoms with Gasteiger partial charge in [0.05, 0.1) is 13.6 Å². The van der Waals surface area contributed by atoms with Gasteiger partial charge in [0.25, 0.3) is 5.82 Å². The lowest BCUT2D eigenvalue weighted by molar-refractivity contribution is -0.666. The molecule has 0 aliphatic carbocycles. The van der Waals surface area contributed by atoms with E-state index in [2.05, 4.69) is 69.9 Å². The molecule has 0 aliphatic rings. The summed E-state index contributed by atoms with van der Waals surface area (Å²) in [5, 5.41) is 0. The first-order valence-electron chi connectivity index (χ1n) is 9.09. The third-order valence-electron chi connectivity index (χ3n) is 5.03. The van der Waals surface area contributed by atoms with Crippen LogP contribution in [0.25, 0.3) is 22.5 Å². The zero-order chi connectivity index (χ0) is 18.3. The van der Waals surface area contributed by atoms with Crippen molar-refractivity contribution < 1.29 is 4.57 Å². The Hall–Kier alpha value is -1.39. The molecule has 0 atom stereocenters. The topological polar surface area (TPSA) is 8.81 Å². The van der Waals surface area contributed by atoms with Crippen molar-refractivity contribution in [2.24, 2.45) is 7.05 Å². The van der Waals surface area contributed by atoms with Gasteiger partial charge in [0.1, 0.15) is 0 Å². The van der Waals surface area contributed by atoms with E-state index in [-0.39, 0.29) is 0 Å².